The second-order valence-electron chi connectivity index (χ2n) is 4.03. The third-order valence-corrected chi connectivity index (χ3v) is 2.70. The lowest BCUT2D eigenvalue weighted by atomic mass is 10.2. The summed E-state index contributed by atoms with van der Waals surface area (Å²) in [4.78, 5) is 11.6. The van der Waals surface area contributed by atoms with Gasteiger partial charge in [0.2, 0.25) is 0 Å². The quantitative estimate of drug-likeness (QED) is 0.791. The zero-order valence-electron chi connectivity index (χ0n) is 10.8. The maximum Gasteiger partial charge on any atom is 0.360 e. The first-order valence-electron chi connectivity index (χ1n) is 5.93. The van der Waals surface area contributed by atoms with Crippen LogP contribution in [0.5, 0.6) is 0 Å². The van der Waals surface area contributed by atoms with Crippen molar-refractivity contribution in [2.45, 2.75) is 20.4 Å². The molecule has 0 saturated carbocycles. The molecule has 100 valence electrons. The normalized spacial score (nSPS) is 10.5. The molecule has 0 atom stereocenters. The molecule has 0 amide bonds. The summed E-state index contributed by atoms with van der Waals surface area (Å²) in [7, 11) is 0. The molecule has 0 bridgehead atoms. The summed E-state index contributed by atoms with van der Waals surface area (Å²) >= 11 is 0. The number of aromatic nitrogens is 3. The molecule has 0 aliphatic rings. The van der Waals surface area contributed by atoms with Gasteiger partial charge in [-0.25, -0.2) is 13.9 Å². The van der Waals surface area contributed by atoms with Gasteiger partial charge in [0.1, 0.15) is 5.82 Å². The Hall–Kier alpha value is -2.24. The molecule has 0 aliphatic carbocycles. The van der Waals surface area contributed by atoms with Gasteiger partial charge in [-0.2, -0.15) is 0 Å². The second-order valence-corrected chi connectivity index (χ2v) is 4.03. The number of hydrogen-bond donors (Lipinski definition) is 0. The number of carbonyl (C=O) groups is 1. The van der Waals surface area contributed by atoms with E-state index in [1.165, 1.54) is 12.1 Å². The molecule has 0 unspecified atom stereocenters. The van der Waals surface area contributed by atoms with Gasteiger partial charge in [-0.05, 0) is 31.5 Å². The van der Waals surface area contributed by atoms with Crippen LogP contribution in [0.2, 0.25) is 0 Å². The van der Waals surface area contributed by atoms with Crippen LogP contribution in [0.3, 0.4) is 0 Å². The molecule has 6 heteroatoms. The van der Waals surface area contributed by atoms with Crippen LogP contribution in [-0.2, 0) is 11.3 Å². The van der Waals surface area contributed by atoms with Crippen LogP contribution in [0.25, 0.3) is 0 Å². The van der Waals surface area contributed by atoms with Gasteiger partial charge in [0.05, 0.1) is 18.8 Å². The lowest BCUT2D eigenvalue weighted by Crippen LogP contribution is -2.08. The summed E-state index contributed by atoms with van der Waals surface area (Å²) in [5.74, 6) is -0.767. The zero-order chi connectivity index (χ0) is 13.8. The van der Waals surface area contributed by atoms with E-state index in [-0.39, 0.29) is 11.5 Å². The van der Waals surface area contributed by atoms with Crippen molar-refractivity contribution < 1.29 is 13.9 Å². The van der Waals surface area contributed by atoms with Crippen molar-refractivity contribution >= 4 is 5.97 Å². The van der Waals surface area contributed by atoms with E-state index in [1.807, 2.05) is 0 Å². The van der Waals surface area contributed by atoms with Gasteiger partial charge in [0.25, 0.3) is 0 Å². The second kappa shape index (κ2) is 5.60. The monoisotopic (exact) mass is 263 g/mol. The zero-order valence-corrected chi connectivity index (χ0v) is 10.8. The van der Waals surface area contributed by atoms with E-state index in [2.05, 4.69) is 10.3 Å². The number of hydrogen-bond acceptors (Lipinski definition) is 4. The Morgan fingerprint density at radius 1 is 1.37 bits per heavy atom. The predicted molar refractivity (Wildman–Crippen MR) is 66.2 cm³/mol. The molecule has 5 nitrogen and oxygen atoms in total. The highest BCUT2D eigenvalue weighted by Gasteiger charge is 2.17. The standard InChI is InChI=1S/C13H14FN3O2/c1-3-19-13(18)12-9(2)17(16-15-12)8-10-4-6-11(14)7-5-10/h4-7H,3,8H2,1-2H3. The molecule has 2 aromatic rings. The van der Waals surface area contributed by atoms with E-state index < -0.39 is 5.97 Å². The van der Waals surface area contributed by atoms with E-state index in [1.54, 1.807) is 30.7 Å². The highest BCUT2D eigenvalue weighted by molar-refractivity contribution is 5.88. The van der Waals surface area contributed by atoms with Crippen molar-refractivity contribution in [3.63, 3.8) is 0 Å². The highest BCUT2D eigenvalue weighted by atomic mass is 19.1. The van der Waals surface area contributed by atoms with Crippen LogP contribution in [-0.4, -0.2) is 27.6 Å². The van der Waals surface area contributed by atoms with Gasteiger partial charge in [-0.1, -0.05) is 17.3 Å². The van der Waals surface area contributed by atoms with E-state index in [0.717, 1.165) is 5.56 Å². The Morgan fingerprint density at radius 3 is 2.68 bits per heavy atom. The number of ether oxygens (including phenoxy) is 1. The summed E-state index contributed by atoms with van der Waals surface area (Å²) in [6, 6.07) is 6.10. The van der Waals surface area contributed by atoms with Crippen LogP contribution in [0, 0.1) is 12.7 Å². The number of rotatable bonds is 4. The highest BCUT2D eigenvalue weighted by Crippen LogP contribution is 2.09. The number of halogens is 1. The molecule has 0 saturated heterocycles. The maximum atomic E-state index is 12.8. The van der Waals surface area contributed by atoms with Gasteiger partial charge < -0.3 is 4.74 Å². The Bertz CT molecular complexity index is 578. The largest absolute Gasteiger partial charge is 0.461 e. The Kier molecular flexibility index (Phi) is 3.89. The van der Waals surface area contributed by atoms with Crippen LogP contribution in [0.4, 0.5) is 4.39 Å². The molecule has 1 aromatic heterocycles. The summed E-state index contributed by atoms with van der Waals surface area (Å²) in [5, 5.41) is 7.72. The van der Waals surface area contributed by atoms with E-state index in [0.29, 0.717) is 18.8 Å². The molecule has 0 N–H and O–H groups in total. The average Bonchev–Trinajstić information content (AvgIpc) is 2.74. The summed E-state index contributed by atoms with van der Waals surface area (Å²) in [5.41, 5.74) is 1.72. The lowest BCUT2D eigenvalue weighted by Gasteiger charge is -2.04. The number of nitrogens with zero attached hydrogens (tertiary/aromatic N) is 3. The van der Waals surface area contributed by atoms with Crippen molar-refractivity contribution in [1.82, 2.24) is 15.0 Å². The fourth-order valence-electron chi connectivity index (χ4n) is 1.66. The minimum atomic E-state index is -0.481. The van der Waals surface area contributed by atoms with Crippen molar-refractivity contribution in [3.8, 4) is 0 Å². The van der Waals surface area contributed by atoms with Crippen LogP contribution >= 0.6 is 0 Å². The Morgan fingerprint density at radius 2 is 2.05 bits per heavy atom. The molecule has 1 aromatic carbocycles. The number of benzene rings is 1. The lowest BCUT2D eigenvalue weighted by molar-refractivity contribution is 0.0518. The Labute approximate surface area is 110 Å². The third kappa shape index (κ3) is 2.96. The molecule has 0 spiro atoms. The maximum absolute atomic E-state index is 12.8. The summed E-state index contributed by atoms with van der Waals surface area (Å²) in [6.07, 6.45) is 0. The van der Waals surface area contributed by atoms with Gasteiger partial charge >= 0.3 is 5.97 Å². The molecule has 0 radical (unpaired) electrons. The van der Waals surface area contributed by atoms with Crippen LogP contribution < -0.4 is 0 Å². The Balaban J connectivity index is 2.18. The van der Waals surface area contributed by atoms with Crippen LogP contribution in [0.15, 0.2) is 24.3 Å². The van der Waals surface area contributed by atoms with Gasteiger partial charge in [0.15, 0.2) is 5.69 Å². The summed E-state index contributed by atoms with van der Waals surface area (Å²) < 4.78 is 19.3. The fraction of sp³-hybridized carbons (Fsp3) is 0.308. The smallest absolute Gasteiger partial charge is 0.360 e. The SMILES string of the molecule is CCOC(=O)c1nnn(Cc2ccc(F)cc2)c1C. The molecular weight excluding hydrogens is 249 g/mol. The first kappa shape index (κ1) is 13.2. The first-order chi connectivity index (χ1) is 9.11. The van der Waals surface area contributed by atoms with Crippen molar-refractivity contribution in [1.29, 1.82) is 0 Å². The van der Waals surface area contributed by atoms with Crippen molar-refractivity contribution in [2.75, 3.05) is 6.61 Å². The van der Waals surface area contributed by atoms with E-state index in [4.69, 9.17) is 4.74 Å². The molecule has 0 fully saturated rings. The van der Waals surface area contributed by atoms with Gasteiger partial charge in [0, 0.05) is 0 Å². The average molecular weight is 263 g/mol. The van der Waals surface area contributed by atoms with E-state index >= 15 is 0 Å². The number of carbonyl (C=O) groups excluding carboxylic acids is 1. The molecule has 2 rings (SSSR count). The predicted octanol–water partition coefficient (Wildman–Crippen LogP) is 1.95. The number of esters is 1. The molecule has 0 aliphatic heterocycles. The topological polar surface area (TPSA) is 57.0 Å². The minimum absolute atomic E-state index is 0.212. The van der Waals surface area contributed by atoms with Gasteiger partial charge in [-0.3, -0.25) is 0 Å². The third-order valence-electron chi connectivity index (χ3n) is 2.70. The first-order valence-corrected chi connectivity index (χ1v) is 5.93. The van der Waals surface area contributed by atoms with Crippen molar-refractivity contribution in [2.24, 2.45) is 0 Å². The minimum Gasteiger partial charge on any atom is -0.461 e. The van der Waals surface area contributed by atoms with E-state index in [9.17, 15) is 9.18 Å². The molecule has 1 heterocycles. The summed E-state index contributed by atoms with van der Waals surface area (Å²) in [6.45, 7) is 4.20. The van der Waals surface area contributed by atoms with Crippen molar-refractivity contribution in [3.05, 3.63) is 47.0 Å². The van der Waals surface area contributed by atoms with Crippen LogP contribution in [0.1, 0.15) is 28.7 Å². The van der Waals surface area contributed by atoms with Gasteiger partial charge in [-0.15, -0.1) is 5.10 Å². The molecule has 19 heavy (non-hydrogen) atoms. The molecular formula is C13H14FN3O2. The fourth-order valence-corrected chi connectivity index (χ4v) is 1.66.